The minimum atomic E-state index is -4.08. The van der Waals surface area contributed by atoms with E-state index in [9.17, 15) is 23.3 Å². The van der Waals surface area contributed by atoms with Crippen LogP contribution in [0.3, 0.4) is 0 Å². The highest BCUT2D eigenvalue weighted by atomic mass is 35.5. The summed E-state index contributed by atoms with van der Waals surface area (Å²) in [6, 6.07) is 25.2. The molecule has 0 atom stereocenters. The molecular weight excluding hydrogens is 540 g/mol. The number of halogens is 1. The molecule has 0 spiro atoms. The highest BCUT2D eigenvalue weighted by Gasteiger charge is 2.28. The first kappa shape index (κ1) is 27.5. The van der Waals surface area contributed by atoms with E-state index >= 15 is 0 Å². The van der Waals surface area contributed by atoms with Crippen molar-refractivity contribution < 1.29 is 18.1 Å². The first-order chi connectivity index (χ1) is 18.6. The number of carbonyl (C=O) groups is 1. The van der Waals surface area contributed by atoms with Gasteiger partial charge in [-0.2, -0.15) is 5.10 Å². The summed E-state index contributed by atoms with van der Waals surface area (Å²) in [4.78, 5) is 23.5. The zero-order valence-electron chi connectivity index (χ0n) is 20.7. The van der Waals surface area contributed by atoms with Gasteiger partial charge in [-0.05, 0) is 66.6 Å². The molecular formula is C28H23ClN4O5S. The van der Waals surface area contributed by atoms with E-state index in [1.54, 1.807) is 54.6 Å². The number of carbonyl (C=O) groups excluding carboxylic acids is 1. The summed E-state index contributed by atoms with van der Waals surface area (Å²) >= 11 is 6.02. The number of aryl methyl sites for hydroxylation is 1. The van der Waals surface area contributed by atoms with E-state index in [0.717, 1.165) is 5.56 Å². The number of nitrogens with zero attached hydrogens (tertiary/aromatic N) is 3. The Morgan fingerprint density at radius 1 is 0.974 bits per heavy atom. The van der Waals surface area contributed by atoms with Gasteiger partial charge in [0.15, 0.2) is 0 Å². The number of hydrogen-bond donors (Lipinski definition) is 1. The van der Waals surface area contributed by atoms with Gasteiger partial charge in [0.05, 0.1) is 33.8 Å². The third-order valence-electron chi connectivity index (χ3n) is 5.75. The highest BCUT2D eigenvalue weighted by molar-refractivity contribution is 7.92. The van der Waals surface area contributed by atoms with Crippen LogP contribution in [-0.2, 0) is 16.6 Å². The van der Waals surface area contributed by atoms with Gasteiger partial charge in [0.1, 0.15) is 0 Å². The van der Waals surface area contributed by atoms with Crippen LogP contribution in [0, 0.1) is 17.0 Å². The van der Waals surface area contributed by atoms with Crippen molar-refractivity contribution >= 4 is 45.1 Å². The fourth-order valence-electron chi connectivity index (χ4n) is 3.68. The van der Waals surface area contributed by atoms with Crippen molar-refractivity contribution in [3.05, 3.63) is 134 Å². The standard InChI is InChI=1S/C28H23ClN4O5S/c1-20-6-16-25(17-7-20)39(37,38)32(19-22-8-12-23(29)13-9-22)27-5-3-2-4-26(27)28(34)31-30-18-21-10-14-24(15-11-21)33(35)36/h2-18H,19H2,1H3,(H,31,34)/b30-18-. The summed E-state index contributed by atoms with van der Waals surface area (Å²) in [6.07, 6.45) is 1.33. The summed E-state index contributed by atoms with van der Waals surface area (Å²) in [7, 11) is -4.08. The normalized spacial score (nSPS) is 11.3. The number of nitrogens with one attached hydrogen (secondary N) is 1. The van der Waals surface area contributed by atoms with E-state index in [1.807, 2.05) is 6.92 Å². The number of para-hydroxylation sites is 1. The molecule has 0 unspecified atom stereocenters. The van der Waals surface area contributed by atoms with Gasteiger partial charge >= 0.3 is 0 Å². The van der Waals surface area contributed by atoms with E-state index < -0.39 is 20.9 Å². The maximum atomic E-state index is 13.9. The van der Waals surface area contributed by atoms with Gasteiger partial charge < -0.3 is 0 Å². The Labute approximate surface area is 230 Å². The third-order valence-corrected chi connectivity index (χ3v) is 7.78. The van der Waals surface area contributed by atoms with Gasteiger partial charge in [0.2, 0.25) is 0 Å². The van der Waals surface area contributed by atoms with Crippen LogP contribution in [0.25, 0.3) is 0 Å². The molecule has 11 heteroatoms. The van der Waals surface area contributed by atoms with Gasteiger partial charge in [0.25, 0.3) is 21.6 Å². The summed E-state index contributed by atoms with van der Waals surface area (Å²) in [6.45, 7) is 1.81. The molecule has 0 aliphatic carbocycles. The second kappa shape index (κ2) is 11.9. The molecule has 9 nitrogen and oxygen atoms in total. The van der Waals surface area contributed by atoms with Crippen LogP contribution in [0.2, 0.25) is 5.02 Å². The fraction of sp³-hybridized carbons (Fsp3) is 0.0714. The predicted octanol–water partition coefficient (Wildman–Crippen LogP) is 5.72. The van der Waals surface area contributed by atoms with Gasteiger partial charge in [0, 0.05) is 17.2 Å². The molecule has 198 valence electrons. The van der Waals surface area contributed by atoms with Crippen LogP contribution in [-0.4, -0.2) is 25.5 Å². The molecule has 0 aromatic heterocycles. The molecule has 1 N–H and O–H groups in total. The van der Waals surface area contributed by atoms with Crippen LogP contribution in [0.15, 0.2) is 107 Å². The van der Waals surface area contributed by atoms with Crippen LogP contribution in [0.1, 0.15) is 27.0 Å². The summed E-state index contributed by atoms with van der Waals surface area (Å²) in [5.41, 5.74) is 4.69. The van der Waals surface area contributed by atoms with Gasteiger partial charge in [-0.3, -0.25) is 19.2 Å². The number of sulfonamides is 1. The Morgan fingerprint density at radius 2 is 1.62 bits per heavy atom. The molecule has 4 aromatic rings. The predicted molar refractivity (Wildman–Crippen MR) is 151 cm³/mol. The number of benzene rings is 4. The Hall–Kier alpha value is -4.54. The first-order valence-electron chi connectivity index (χ1n) is 11.7. The average Bonchev–Trinajstić information content (AvgIpc) is 2.93. The maximum Gasteiger partial charge on any atom is 0.273 e. The molecule has 4 rings (SSSR count). The molecule has 0 saturated heterocycles. The lowest BCUT2D eigenvalue weighted by Crippen LogP contribution is -2.33. The largest absolute Gasteiger partial charge is 0.273 e. The molecule has 39 heavy (non-hydrogen) atoms. The number of nitro benzene ring substituents is 1. The fourth-order valence-corrected chi connectivity index (χ4v) is 5.28. The Bertz CT molecular complexity index is 1620. The lowest BCUT2D eigenvalue weighted by molar-refractivity contribution is -0.384. The van der Waals surface area contributed by atoms with Crippen molar-refractivity contribution in [1.82, 2.24) is 5.43 Å². The molecule has 0 radical (unpaired) electrons. The monoisotopic (exact) mass is 562 g/mol. The van der Waals surface area contributed by atoms with Crippen LogP contribution in [0.4, 0.5) is 11.4 Å². The molecule has 4 aromatic carbocycles. The molecule has 0 bridgehead atoms. The lowest BCUT2D eigenvalue weighted by atomic mass is 10.1. The smallest absolute Gasteiger partial charge is 0.267 e. The zero-order valence-corrected chi connectivity index (χ0v) is 22.3. The second-order valence-corrected chi connectivity index (χ2v) is 10.8. The average molecular weight is 563 g/mol. The Morgan fingerprint density at radius 3 is 2.26 bits per heavy atom. The number of hydrazone groups is 1. The SMILES string of the molecule is Cc1ccc(S(=O)(=O)N(Cc2ccc(Cl)cc2)c2ccccc2C(=O)N/N=C\c2ccc([N+](=O)[O-])cc2)cc1. The Balaban J connectivity index is 1.67. The van der Waals surface area contributed by atoms with Crippen molar-refractivity contribution in [3.63, 3.8) is 0 Å². The molecule has 1 amide bonds. The van der Waals surface area contributed by atoms with E-state index in [-0.39, 0.29) is 28.4 Å². The van der Waals surface area contributed by atoms with Gasteiger partial charge in [-0.1, -0.05) is 53.6 Å². The lowest BCUT2D eigenvalue weighted by Gasteiger charge is -2.26. The van der Waals surface area contributed by atoms with Crippen molar-refractivity contribution in [2.24, 2.45) is 5.10 Å². The van der Waals surface area contributed by atoms with E-state index in [1.165, 1.54) is 53.0 Å². The first-order valence-corrected chi connectivity index (χ1v) is 13.5. The van der Waals surface area contributed by atoms with Crippen LogP contribution in [0.5, 0.6) is 0 Å². The second-order valence-electron chi connectivity index (χ2n) is 8.52. The number of non-ortho nitro benzene ring substituents is 1. The topological polar surface area (TPSA) is 122 Å². The third kappa shape index (κ3) is 6.67. The van der Waals surface area contributed by atoms with E-state index in [0.29, 0.717) is 16.1 Å². The number of hydrogen-bond acceptors (Lipinski definition) is 6. The van der Waals surface area contributed by atoms with Crippen molar-refractivity contribution in [2.75, 3.05) is 4.31 Å². The van der Waals surface area contributed by atoms with Crippen molar-refractivity contribution in [1.29, 1.82) is 0 Å². The van der Waals surface area contributed by atoms with E-state index in [4.69, 9.17) is 11.6 Å². The summed E-state index contributed by atoms with van der Waals surface area (Å²) in [5.74, 6) is -0.635. The van der Waals surface area contributed by atoms with Gasteiger partial charge in [-0.25, -0.2) is 13.8 Å². The number of anilines is 1. The molecule has 0 aliphatic rings. The number of rotatable bonds is 9. The molecule has 0 fully saturated rings. The van der Waals surface area contributed by atoms with Crippen molar-refractivity contribution in [3.8, 4) is 0 Å². The van der Waals surface area contributed by atoms with E-state index in [2.05, 4.69) is 10.5 Å². The molecule has 0 aliphatic heterocycles. The number of nitro groups is 1. The highest BCUT2D eigenvalue weighted by Crippen LogP contribution is 2.30. The number of amides is 1. The zero-order chi connectivity index (χ0) is 28.0. The summed E-state index contributed by atoms with van der Waals surface area (Å²) in [5, 5.41) is 15.3. The minimum absolute atomic E-state index is 0.0519. The van der Waals surface area contributed by atoms with Crippen LogP contribution >= 0.6 is 11.6 Å². The minimum Gasteiger partial charge on any atom is -0.267 e. The van der Waals surface area contributed by atoms with Crippen LogP contribution < -0.4 is 9.73 Å². The molecule has 0 saturated carbocycles. The molecule has 0 heterocycles. The van der Waals surface area contributed by atoms with Gasteiger partial charge in [-0.15, -0.1) is 0 Å². The quantitative estimate of drug-likeness (QED) is 0.159. The Kier molecular flexibility index (Phi) is 8.38. The van der Waals surface area contributed by atoms with Crippen molar-refractivity contribution in [2.45, 2.75) is 18.4 Å². The maximum absolute atomic E-state index is 13.9. The summed E-state index contributed by atoms with van der Waals surface area (Å²) < 4.78 is 28.9.